The van der Waals surface area contributed by atoms with Crippen molar-refractivity contribution in [3.8, 4) is 0 Å². The van der Waals surface area contributed by atoms with Gasteiger partial charge in [-0.05, 0) is 34.5 Å². The summed E-state index contributed by atoms with van der Waals surface area (Å²) in [5.41, 5.74) is 2.15. The largest absolute Gasteiger partial charge is 0.360 e. The smallest absolute Gasteiger partial charge is 0.325 e. The van der Waals surface area contributed by atoms with Gasteiger partial charge in [0.25, 0.3) is 0 Å². The highest BCUT2D eigenvalue weighted by molar-refractivity contribution is 9.10. The average molecular weight is 322 g/mol. The van der Waals surface area contributed by atoms with Crippen molar-refractivity contribution in [3.63, 3.8) is 0 Å². The fourth-order valence-corrected chi connectivity index (χ4v) is 2.19. The maximum Gasteiger partial charge on any atom is 0.325 e. The molecule has 1 N–H and O–H groups in total. The first-order valence-corrected chi connectivity index (χ1v) is 6.45. The number of benzene rings is 1. The van der Waals surface area contributed by atoms with Crippen molar-refractivity contribution in [2.45, 2.75) is 13.5 Å². The number of nitrogens with zero attached hydrogens (tertiary/aromatic N) is 2. The van der Waals surface area contributed by atoms with Crippen LogP contribution in [0.15, 0.2) is 41.0 Å². The van der Waals surface area contributed by atoms with Gasteiger partial charge in [-0.15, -0.1) is 0 Å². The van der Waals surface area contributed by atoms with Gasteiger partial charge in [0.05, 0.1) is 4.92 Å². The van der Waals surface area contributed by atoms with E-state index in [2.05, 4.69) is 26.2 Å². The molecular weight excluding hydrogens is 310 g/mol. The molecule has 0 atom stereocenters. The van der Waals surface area contributed by atoms with Crippen LogP contribution in [-0.4, -0.2) is 9.91 Å². The van der Waals surface area contributed by atoms with Gasteiger partial charge in [0.2, 0.25) is 5.82 Å². The summed E-state index contributed by atoms with van der Waals surface area (Å²) in [6.45, 7) is 2.50. The number of nitrogens with one attached hydrogen (secondary N) is 1. The highest BCUT2D eigenvalue weighted by atomic mass is 79.9. The lowest BCUT2D eigenvalue weighted by Gasteiger charge is -2.07. The van der Waals surface area contributed by atoms with Crippen LogP contribution in [0.2, 0.25) is 0 Å². The number of anilines is 1. The van der Waals surface area contributed by atoms with E-state index in [0.29, 0.717) is 11.0 Å². The molecule has 0 saturated carbocycles. The lowest BCUT2D eigenvalue weighted by molar-refractivity contribution is -0.385. The Hall–Kier alpha value is -1.95. The summed E-state index contributed by atoms with van der Waals surface area (Å²) in [4.78, 5) is 14.6. The summed E-state index contributed by atoms with van der Waals surface area (Å²) in [6, 6.07) is 9.50. The molecule has 0 amide bonds. The van der Waals surface area contributed by atoms with Crippen molar-refractivity contribution in [3.05, 3.63) is 62.2 Å². The van der Waals surface area contributed by atoms with Crippen molar-refractivity contribution in [1.82, 2.24) is 4.98 Å². The van der Waals surface area contributed by atoms with Crippen LogP contribution in [0, 0.1) is 17.0 Å². The first kappa shape index (κ1) is 13.5. The van der Waals surface area contributed by atoms with Crippen LogP contribution in [-0.2, 0) is 6.54 Å². The van der Waals surface area contributed by atoms with E-state index in [-0.39, 0.29) is 11.5 Å². The molecule has 0 bridgehead atoms. The van der Waals surface area contributed by atoms with Gasteiger partial charge < -0.3 is 5.32 Å². The van der Waals surface area contributed by atoms with Gasteiger partial charge in [-0.3, -0.25) is 10.1 Å². The normalized spacial score (nSPS) is 10.2. The maximum absolute atomic E-state index is 11.0. The molecule has 0 fully saturated rings. The van der Waals surface area contributed by atoms with Crippen LogP contribution >= 0.6 is 15.9 Å². The number of halogens is 1. The molecule has 1 aromatic heterocycles. The second-order valence-corrected chi connectivity index (χ2v) is 4.94. The number of aromatic nitrogens is 1. The second kappa shape index (κ2) is 5.79. The monoisotopic (exact) mass is 321 g/mol. The Morgan fingerprint density at radius 2 is 2.21 bits per heavy atom. The van der Waals surface area contributed by atoms with Crippen molar-refractivity contribution >= 4 is 27.4 Å². The number of nitro groups is 1. The molecule has 0 radical (unpaired) electrons. The lowest BCUT2D eigenvalue weighted by atomic mass is 10.1. The summed E-state index contributed by atoms with van der Waals surface area (Å²) in [6.07, 6.45) is 1.52. The molecular formula is C13H12BrN3O2. The molecule has 19 heavy (non-hydrogen) atoms. The molecule has 2 aromatic rings. The first-order chi connectivity index (χ1) is 9.08. The van der Waals surface area contributed by atoms with Crippen LogP contribution in [0.25, 0.3) is 0 Å². The van der Waals surface area contributed by atoms with E-state index in [1.807, 2.05) is 31.2 Å². The Labute approximate surface area is 119 Å². The molecule has 6 heteroatoms. The van der Waals surface area contributed by atoms with Gasteiger partial charge in [-0.25, -0.2) is 4.98 Å². The summed E-state index contributed by atoms with van der Waals surface area (Å²) in [5, 5.41) is 14.0. The standard InChI is InChI=1S/C13H12BrN3O2/c1-9-3-2-4-10(7-9)8-16-13-12(17(18)19)11(14)5-6-15-13/h2-7H,8H2,1H3,(H,15,16). The van der Waals surface area contributed by atoms with Gasteiger partial charge in [-0.1, -0.05) is 29.8 Å². The fraction of sp³-hybridized carbons (Fsp3) is 0.154. The summed E-state index contributed by atoms with van der Waals surface area (Å²) >= 11 is 3.16. The first-order valence-electron chi connectivity index (χ1n) is 5.66. The number of rotatable bonds is 4. The summed E-state index contributed by atoms with van der Waals surface area (Å²) in [7, 11) is 0. The Kier molecular flexibility index (Phi) is 4.11. The zero-order chi connectivity index (χ0) is 13.8. The minimum absolute atomic E-state index is 0.0462. The minimum Gasteiger partial charge on any atom is -0.360 e. The zero-order valence-corrected chi connectivity index (χ0v) is 11.8. The van der Waals surface area contributed by atoms with Gasteiger partial charge in [0, 0.05) is 12.7 Å². The van der Waals surface area contributed by atoms with Crippen LogP contribution in [0.3, 0.4) is 0 Å². The Balaban J connectivity index is 2.20. The molecule has 98 valence electrons. The molecule has 0 aliphatic carbocycles. The third-order valence-corrected chi connectivity index (χ3v) is 3.24. The van der Waals surface area contributed by atoms with E-state index in [4.69, 9.17) is 0 Å². The highest BCUT2D eigenvalue weighted by Crippen LogP contribution is 2.30. The van der Waals surface area contributed by atoms with Crippen LogP contribution in [0.5, 0.6) is 0 Å². The summed E-state index contributed by atoms with van der Waals surface area (Å²) < 4.78 is 0.416. The Morgan fingerprint density at radius 1 is 1.42 bits per heavy atom. The van der Waals surface area contributed by atoms with E-state index in [0.717, 1.165) is 11.1 Å². The fourth-order valence-electron chi connectivity index (χ4n) is 1.74. The number of aryl methyl sites for hydroxylation is 1. The SMILES string of the molecule is Cc1cccc(CNc2nccc(Br)c2[N+](=O)[O-])c1. The van der Waals surface area contributed by atoms with E-state index in [1.54, 1.807) is 6.07 Å². The molecule has 1 aromatic carbocycles. The van der Waals surface area contributed by atoms with Crippen LogP contribution in [0.1, 0.15) is 11.1 Å². The second-order valence-electron chi connectivity index (χ2n) is 4.09. The van der Waals surface area contributed by atoms with E-state index in [1.165, 1.54) is 6.20 Å². The van der Waals surface area contributed by atoms with E-state index >= 15 is 0 Å². The van der Waals surface area contributed by atoms with Crippen LogP contribution < -0.4 is 5.32 Å². The molecule has 2 rings (SSSR count). The quantitative estimate of drug-likeness (QED) is 0.689. The van der Waals surface area contributed by atoms with Gasteiger partial charge in [0.15, 0.2) is 0 Å². The topological polar surface area (TPSA) is 68.1 Å². The van der Waals surface area contributed by atoms with E-state index < -0.39 is 4.92 Å². The van der Waals surface area contributed by atoms with Gasteiger partial charge >= 0.3 is 5.69 Å². The Bertz CT molecular complexity index is 617. The Morgan fingerprint density at radius 3 is 2.89 bits per heavy atom. The lowest BCUT2D eigenvalue weighted by Crippen LogP contribution is -2.05. The average Bonchev–Trinajstić information content (AvgIpc) is 2.36. The van der Waals surface area contributed by atoms with Crippen molar-refractivity contribution in [2.24, 2.45) is 0 Å². The molecule has 0 unspecified atom stereocenters. The van der Waals surface area contributed by atoms with Crippen molar-refractivity contribution < 1.29 is 4.92 Å². The maximum atomic E-state index is 11.0. The molecule has 0 saturated heterocycles. The number of hydrogen-bond acceptors (Lipinski definition) is 4. The van der Waals surface area contributed by atoms with Gasteiger partial charge in [0.1, 0.15) is 4.47 Å². The third-order valence-electron chi connectivity index (χ3n) is 2.60. The molecule has 5 nitrogen and oxygen atoms in total. The molecule has 1 heterocycles. The highest BCUT2D eigenvalue weighted by Gasteiger charge is 2.19. The number of pyridine rings is 1. The van der Waals surface area contributed by atoms with Crippen LogP contribution in [0.4, 0.5) is 11.5 Å². The zero-order valence-electron chi connectivity index (χ0n) is 10.3. The third kappa shape index (κ3) is 3.29. The van der Waals surface area contributed by atoms with E-state index in [9.17, 15) is 10.1 Å². The number of hydrogen-bond donors (Lipinski definition) is 1. The molecule has 0 aliphatic heterocycles. The van der Waals surface area contributed by atoms with Gasteiger partial charge in [-0.2, -0.15) is 0 Å². The predicted octanol–water partition coefficient (Wildman–Crippen LogP) is 3.67. The van der Waals surface area contributed by atoms with Crippen molar-refractivity contribution in [1.29, 1.82) is 0 Å². The predicted molar refractivity (Wildman–Crippen MR) is 77.1 cm³/mol. The minimum atomic E-state index is -0.449. The molecule has 0 aliphatic rings. The summed E-state index contributed by atoms with van der Waals surface area (Å²) in [5.74, 6) is 0.265. The van der Waals surface area contributed by atoms with Crippen molar-refractivity contribution in [2.75, 3.05) is 5.32 Å². The molecule has 0 spiro atoms.